The van der Waals surface area contributed by atoms with Crippen LogP contribution in [-0.2, 0) is 4.79 Å². The van der Waals surface area contributed by atoms with Gasteiger partial charge in [-0.15, -0.1) is 0 Å². The Balaban J connectivity index is 2.04. The first-order valence-corrected chi connectivity index (χ1v) is 7.29. The summed E-state index contributed by atoms with van der Waals surface area (Å²) in [7, 11) is 1.55. The molecule has 0 saturated heterocycles. The zero-order valence-corrected chi connectivity index (χ0v) is 12.2. The number of carbonyl (C=O) groups is 2. The summed E-state index contributed by atoms with van der Waals surface area (Å²) in [5, 5.41) is 12.0. The highest BCUT2D eigenvalue weighted by atomic mass is 16.5. The van der Waals surface area contributed by atoms with Crippen molar-refractivity contribution < 1.29 is 19.4 Å². The monoisotopic (exact) mass is 291 g/mol. The summed E-state index contributed by atoms with van der Waals surface area (Å²) in [6, 6.07) is 5.83. The lowest BCUT2D eigenvalue weighted by atomic mass is 9.84. The highest BCUT2D eigenvalue weighted by Gasteiger charge is 2.30. The number of rotatable bonds is 5. The molecule has 1 aromatic carbocycles. The van der Waals surface area contributed by atoms with E-state index in [1.165, 1.54) is 0 Å². The first-order valence-electron chi connectivity index (χ1n) is 7.29. The van der Waals surface area contributed by atoms with Crippen molar-refractivity contribution >= 4 is 11.9 Å². The molecule has 1 aliphatic rings. The molecule has 0 bridgehead atoms. The number of nitrogens with one attached hydrogen (secondary N) is 1. The van der Waals surface area contributed by atoms with Crippen LogP contribution in [0.15, 0.2) is 24.3 Å². The highest BCUT2D eigenvalue weighted by Crippen LogP contribution is 2.27. The minimum absolute atomic E-state index is 0.0263. The van der Waals surface area contributed by atoms with Gasteiger partial charge in [0, 0.05) is 5.56 Å². The fraction of sp³-hybridized carbons (Fsp3) is 0.500. The Bertz CT molecular complexity index is 492. The largest absolute Gasteiger partial charge is 0.497 e. The predicted octanol–water partition coefficient (Wildman–Crippen LogP) is 2.46. The Morgan fingerprint density at radius 3 is 2.33 bits per heavy atom. The normalized spacial score (nSPS) is 17.0. The summed E-state index contributed by atoms with van der Waals surface area (Å²) in [5.74, 6) is -0.619. The number of hydrogen-bond acceptors (Lipinski definition) is 3. The van der Waals surface area contributed by atoms with E-state index in [-0.39, 0.29) is 11.8 Å². The molecule has 1 aliphatic carbocycles. The van der Waals surface area contributed by atoms with Crippen molar-refractivity contribution in [2.24, 2.45) is 5.92 Å². The molecule has 2 N–H and O–H groups in total. The molecule has 21 heavy (non-hydrogen) atoms. The van der Waals surface area contributed by atoms with Crippen molar-refractivity contribution in [3.05, 3.63) is 29.8 Å². The zero-order chi connectivity index (χ0) is 15.2. The van der Waals surface area contributed by atoms with Crippen LogP contribution in [0.1, 0.15) is 42.5 Å². The quantitative estimate of drug-likeness (QED) is 0.873. The van der Waals surface area contributed by atoms with Crippen molar-refractivity contribution in [3.63, 3.8) is 0 Å². The molecule has 2 rings (SSSR count). The minimum Gasteiger partial charge on any atom is -0.497 e. The number of benzene rings is 1. The molecule has 0 radical (unpaired) electrons. The van der Waals surface area contributed by atoms with Gasteiger partial charge >= 0.3 is 5.97 Å². The molecular weight excluding hydrogens is 270 g/mol. The SMILES string of the molecule is COc1ccc(C(=O)NC(C(=O)O)C2CCCCC2)cc1. The summed E-state index contributed by atoms with van der Waals surface area (Å²) in [4.78, 5) is 23.6. The van der Waals surface area contributed by atoms with Crippen molar-refractivity contribution in [3.8, 4) is 5.75 Å². The van der Waals surface area contributed by atoms with E-state index < -0.39 is 12.0 Å². The Labute approximate surface area is 124 Å². The van der Waals surface area contributed by atoms with Gasteiger partial charge in [-0.25, -0.2) is 4.79 Å². The molecule has 1 fully saturated rings. The van der Waals surface area contributed by atoms with Gasteiger partial charge in [-0.3, -0.25) is 4.79 Å². The second-order valence-electron chi connectivity index (χ2n) is 5.42. The van der Waals surface area contributed by atoms with E-state index in [1.54, 1.807) is 31.4 Å². The van der Waals surface area contributed by atoms with E-state index >= 15 is 0 Å². The van der Waals surface area contributed by atoms with Gasteiger partial charge in [0.2, 0.25) is 0 Å². The molecule has 0 aromatic heterocycles. The Morgan fingerprint density at radius 2 is 1.81 bits per heavy atom. The maximum atomic E-state index is 12.2. The molecule has 114 valence electrons. The zero-order valence-electron chi connectivity index (χ0n) is 12.2. The van der Waals surface area contributed by atoms with E-state index in [2.05, 4.69) is 5.32 Å². The third kappa shape index (κ3) is 3.97. The summed E-state index contributed by atoms with van der Waals surface area (Å²) in [6.45, 7) is 0. The average molecular weight is 291 g/mol. The second kappa shape index (κ2) is 7.11. The maximum absolute atomic E-state index is 12.2. The maximum Gasteiger partial charge on any atom is 0.326 e. The molecule has 1 atom stereocenters. The number of methoxy groups -OCH3 is 1. The van der Waals surface area contributed by atoms with Gasteiger partial charge in [-0.05, 0) is 43.0 Å². The van der Waals surface area contributed by atoms with Crippen LogP contribution in [0, 0.1) is 5.92 Å². The fourth-order valence-corrected chi connectivity index (χ4v) is 2.82. The van der Waals surface area contributed by atoms with Crippen molar-refractivity contribution in [1.29, 1.82) is 0 Å². The lowest BCUT2D eigenvalue weighted by molar-refractivity contribution is -0.141. The van der Waals surface area contributed by atoms with Crippen LogP contribution >= 0.6 is 0 Å². The molecule has 1 unspecified atom stereocenters. The number of carboxylic acids is 1. The first kappa shape index (κ1) is 15.4. The summed E-state index contributed by atoms with van der Waals surface area (Å²) in [5.41, 5.74) is 0.442. The van der Waals surface area contributed by atoms with Gasteiger partial charge in [0.15, 0.2) is 0 Å². The van der Waals surface area contributed by atoms with Crippen molar-refractivity contribution in [2.75, 3.05) is 7.11 Å². The minimum atomic E-state index is -0.955. The molecule has 0 heterocycles. The smallest absolute Gasteiger partial charge is 0.326 e. The molecule has 1 saturated carbocycles. The van der Waals surface area contributed by atoms with Crippen molar-refractivity contribution in [2.45, 2.75) is 38.1 Å². The van der Waals surface area contributed by atoms with Gasteiger partial charge in [-0.1, -0.05) is 19.3 Å². The first-order chi connectivity index (χ1) is 10.1. The third-order valence-electron chi connectivity index (χ3n) is 4.03. The standard InChI is InChI=1S/C16H21NO4/c1-21-13-9-7-12(8-10-13)15(18)17-14(16(19)20)11-5-3-2-4-6-11/h7-11,14H,2-6H2,1H3,(H,17,18)(H,19,20). The van der Waals surface area contributed by atoms with Crippen LogP contribution in [0.2, 0.25) is 0 Å². The topological polar surface area (TPSA) is 75.6 Å². The van der Waals surface area contributed by atoms with E-state index in [4.69, 9.17) is 4.74 Å². The predicted molar refractivity (Wildman–Crippen MR) is 78.5 cm³/mol. The van der Waals surface area contributed by atoms with Crippen LogP contribution in [0.3, 0.4) is 0 Å². The van der Waals surface area contributed by atoms with Crippen LogP contribution in [0.4, 0.5) is 0 Å². The van der Waals surface area contributed by atoms with E-state index in [0.717, 1.165) is 32.1 Å². The van der Waals surface area contributed by atoms with Crippen LogP contribution in [0.5, 0.6) is 5.75 Å². The molecule has 0 aliphatic heterocycles. The third-order valence-corrected chi connectivity index (χ3v) is 4.03. The average Bonchev–Trinajstić information content (AvgIpc) is 2.53. The Morgan fingerprint density at radius 1 is 1.19 bits per heavy atom. The van der Waals surface area contributed by atoms with E-state index in [0.29, 0.717) is 11.3 Å². The Kier molecular flexibility index (Phi) is 5.20. The molecular formula is C16H21NO4. The number of carbonyl (C=O) groups excluding carboxylic acids is 1. The number of amides is 1. The summed E-state index contributed by atoms with van der Waals surface area (Å²) in [6.07, 6.45) is 4.94. The second-order valence-corrected chi connectivity index (χ2v) is 5.42. The van der Waals surface area contributed by atoms with Gasteiger partial charge in [-0.2, -0.15) is 0 Å². The molecule has 1 aromatic rings. The van der Waals surface area contributed by atoms with E-state index in [1.807, 2.05) is 0 Å². The van der Waals surface area contributed by atoms with Gasteiger partial charge in [0.25, 0.3) is 5.91 Å². The molecule has 5 nitrogen and oxygen atoms in total. The Hall–Kier alpha value is -2.04. The number of hydrogen-bond donors (Lipinski definition) is 2. The summed E-state index contributed by atoms with van der Waals surface area (Å²) < 4.78 is 5.04. The molecule has 0 spiro atoms. The summed E-state index contributed by atoms with van der Waals surface area (Å²) >= 11 is 0. The molecule has 5 heteroatoms. The van der Waals surface area contributed by atoms with Crippen LogP contribution < -0.4 is 10.1 Å². The van der Waals surface area contributed by atoms with Gasteiger partial charge < -0.3 is 15.2 Å². The molecule has 1 amide bonds. The lowest BCUT2D eigenvalue weighted by Crippen LogP contribution is -2.46. The number of carboxylic acid groups (broad SMARTS) is 1. The number of aliphatic carboxylic acids is 1. The highest BCUT2D eigenvalue weighted by molar-refractivity contribution is 5.96. The van der Waals surface area contributed by atoms with Gasteiger partial charge in [0.1, 0.15) is 11.8 Å². The van der Waals surface area contributed by atoms with E-state index in [9.17, 15) is 14.7 Å². The number of ether oxygens (including phenoxy) is 1. The lowest BCUT2D eigenvalue weighted by Gasteiger charge is -2.28. The fourth-order valence-electron chi connectivity index (χ4n) is 2.82. The van der Waals surface area contributed by atoms with Gasteiger partial charge in [0.05, 0.1) is 7.11 Å². The van der Waals surface area contributed by atoms with Crippen LogP contribution in [-0.4, -0.2) is 30.1 Å². The van der Waals surface area contributed by atoms with Crippen LogP contribution in [0.25, 0.3) is 0 Å². The van der Waals surface area contributed by atoms with Crippen molar-refractivity contribution in [1.82, 2.24) is 5.32 Å².